The second-order valence-corrected chi connectivity index (χ2v) is 9.37. The molecule has 5 rings (SSSR count). The van der Waals surface area contributed by atoms with E-state index in [0.29, 0.717) is 0 Å². The number of imidazole rings is 1. The number of benzene rings is 1. The number of nitrogens with one attached hydrogen (secondary N) is 1. The van der Waals surface area contributed by atoms with Gasteiger partial charge in [0.15, 0.2) is 5.16 Å². The first kappa shape index (κ1) is 23.8. The summed E-state index contributed by atoms with van der Waals surface area (Å²) in [6, 6.07) is 7.93. The Bertz CT molecular complexity index is 899. The summed E-state index contributed by atoms with van der Waals surface area (Å²) in [7, 11) is 4.08. The monoisotopic (exact) mass is 436 g/mol. The SMILES string of the molecule is C.Cn1ccc2cc(SO)ccc21.Cn1ccnc1SC1C[C@H]2CNC[C@H]2C1.O. The number of nitrogens with zero attached hydrogens (tertiary/aromatic N) is 3. The van der Waals surface area contributed by atoms with Gasteiger partial charge in [0.05, 0.1) is 0 Å². The number of aryl methyl sites for hydroxylation is 2. The third kappa shape index (κ3) is 5.38. The maximum atomic E-state index is 8.81. The molecule has 3 aromatic rings. The maximum Gasteiger partial charge on any atom is 0.167 e. The quantitative estimate of drug-likeness (QED) is 0.605. The van der Waals surface area contributed by atoms with Crippen molar-refractivity contribution in [2.45, 2.75) is 35.6 Å². The highest BCUT2D eigenvalue weighted by Gasteiger charge is 2.37. The van der Waals surface area contributed by atoms with Gasteiger partial charge in [-0.15, -0.1) is 0 Å². The molecule has 3 atom stereocenters. The fourth-order valence-corrected chi connectivity index (χ4v) is 5.78. The third-order valence-corrected chi connectivity index (χ3v) is 7.41. The Morgan fingerprint density at radius 2 is 1.79 bits per heavy atom. The summed E-state index contributed by atoms with van der Waals surface area (Å²) in [4.78, 5) is 5.27. The second-order valence-electron chi connectivity index (χ2n) is 7.45. The van der Waals surface area contributed by atoms with Gasteiger partial charge in [-0.05, 0) is 62.0 Å². The molecule has 2 aromatic heterocycles. The lowest BCUT2D eigenvalue weighted by atomic mass is 10.0. The fourth-order valence-electron chi connectivity index (χ4n) is 4.14. The third-order valence-electron chi connectivity index (χ3n) is 5.62. The predicted molar refractivity (Wildman–Crippen MR) is 124 cm³/mol. The summed E-state index contributed by atoms with van der Waals surface area (Å²) in [5.74, 6) is 1.87. The van der Waals surface area contributed by atoms with Gasteiger partial charge in [-0.3, -0.25) is 0 Å². The normalized spacial score (nSPS) is 22.4. The van der Waals surface area contributed by atoms with E-state index in [9.17, 15) is 0 Å². The number of hydrogen-bond acceptors (Lipinski definition) is 5. The van der Waals surface area contributed by atoms with Gasteiger partial charge in [0.2, 0.25) is 0 Å². The molecule has 1 aliphatic heterocycles. The van der Waals surface area contributed by atoms with Crippen LogP contribution in [-0.2, 0) is 14.1 Å². The molecule has 2 fully saturated rings. The van der Waals surface area contributed by atoms with E-state index < -0.39 is 0 Å². The highest BCUT2D eigenvalue weighted by atomic mass is 32.2. The molecule has 1 aromatic carbocycles. The van der Waals surface area contributed by atoms with Gasteiger partial charge in [0.1, 0.15) is 0 Å². The molecule has 8 heteroatoms. The zero-order valence-corrected chi connectivity index (χ0v) is 17.8. The summed E-state index contributed by atoms with van der Waals surface area (Å²) in [6.45, 7) is 2.48. The lowest BCUT2D eigenvalue weighted by Crippen LogP contribution is -2.12. The summed E-state index contributed by atoms with van der Waals surface area (Å²) in [5.41, 5.74) is 1.19. The number of hydrogen-bond donors (Lipinski definition) is 2. The molecule has 1 saturated heterocycles. The van der Waals surface area contributed by atoms with Crippen molar-refractivity contribution >= 4 is 34.7 Å². The molecule has 4 N–H and O–H groups in total. The lowest BCUT2D eigenvalue weighted by molar-refractivity contribution is 0.494. The minimum absolute atomic E-state index is 0. The van der Waals surface area contributed by atoms with Crippen LogP contribution in [0, 0.1) is 11.8 Å². The zero-order valence-electron chi connectivity index (χ0n) is 16.2. The van der Waals surface area contributed by atoms with Crippen LogP contribution in [-0.4, -0.2) is 42.5 Å². The van der Waals surface area contributed by atoms with Crippen LogP contribution in [0.15, 0.2) is 52.9 Å². The van der Waals surface area contributed by atoms with E-state index >= 15 is 0 Å². The van der Waals surface area contributed by atoms with Crippen LogP contribution in [0.1, 0.15) is 20.3 Å². The maximum absolute atomic E-state index is 8.81. The Morgan fingerprint density at radius 1 is 1.07 bits per heavy atom. The van der Waals surface area contributed by atoms with E-state index in [1.165, 1.54) is 36.6 Å². The molecule has 1 saturated carbocycles. The van der Waals surface area contributed by atoms with Crippen molar-refractivity contribution in [3.8, 4) is 0 Å². The highest BCUT2D eigenvalue weighted by molar-refractivity contribution is 7.99. The van der Waals surface area contributed by atoms with Crippen molar-refractivity contribution in [1.82, 2.24) is 19.4 Å². The molecule has 160 valence electrons. The molecule has 1 unspecified atom stereocenters. The fraction of sp³-hybridized carbons (Fsp3) is 0.476. The topological polar surface area (TPSA) is 86.5 Å². The Balaban J connectivity index is 0.000000198. The molecule has 2 aliphatic rings. The van der Waals surface area contributed by atoms with Crippen molar-refractivity contribution in [3.05, 3.63) is 42.9 Å². The van der Waals surface area contributed by atoms with Crippen LogP contribution < -0.4 is 5.32 Å². The molecule has 0 spiro atoms. The molecule has 0 bridgehead atoms. The smallest absolute Gasteiger partial charge is 0.167 e. The molecule has 1 aliphatic carbocycles. The van der Waals surface area contributed by atoms with Gasteiger partial charge in [-0.25, -0.2) is 4.98 Å². The Morgan fingerprint density at radius 3 is 2.41 bits per heavy atom. The summed E-state index contributed by atoms with van der Waals surface area (Å²) in [5, 5.41) is 6.62. The number of fused-ring (bicyclic) bond motifs is 2. The number of thioether (sulfide) groups is 1. The van der Waals surface area contributed by atoms with Crippen molar-refractivity contribution in [3.63, 3.8) is 0 Å². The van der Waals surface area contributed by atoms with Gasteiger partial charge < -0.3 is 24.5 Å². The number of rotatable bonds is 3. The summed E-state index contributed by atoms with van der Waals surface area (Å²) < 4.78 is 13.0. The van der Waals surface area contributed by atoms with E-state index in [2.05, 4.69) is 26.5 Å². The highest BCUT2D eigenvalue weighted by Crippen LogP contribution is 2.42. The lowest BCUT2D eigenvalue weighted by Gasteiger charge is -2.10. The van der Waals surface area contributed by atoms with E-state index in [1.54, 1.807) is 0 Å². The molecule has 3 heterocycles. The molecule has 0 radical (unpaired) electrons. The zero-order chi connectivity index (χ0) is 18.8. The summed E-state index contributed by atoms with van der Waals surface area (Å²) >= 11 is 2.75. The summed E-state index contributed by atoms with van der Waals surface area (Å²) in [6.07, 6.45) is 8.67. The molecular formula is C21H32N4O2S2. The molecule has 6 nitrogen and oxygen atoms in total. The van der Waals surface area contributed by atoms with Gasteiger partial charge in [-0.1, -0.05) is 19.2 Å². The van der Waals surface area contributed by atoms with E-state index in [-0.39, 0.29) is 12.9 Å². The van der Waals surface area contributed by atoms with Gasteiger partial charge >= 0.3 is 0 Å². The molecule has 0 amide bonds. The predicted octanol–water partition coefficient (Wildman–Crippen LogP) is 4.07. The van der Waals surface area contributed by atoms with Crippen LogP contribution in [0.25, 0.3) is 10.9 Å². The largest absolute Gasteiger partial charge is 0.412 e. The van der Waals surface area contributed by atoms with E-state index in [4.69, 9.17) is 4.55 Å². The van der Waals surface area contributed by atoms with Gasteiger partial charge in [0, 0.05) is 65.8 Å². The first-order valence-corrected chi connectivity index (χ1v) is 11.0. The molecule has 29 heavy (non-hydrogen) atoms. The van der Waals surface area contributed by atoms with E-state index in [0.717, 1.165) is 39.4 Å². The average molecular weight is 437 g/mol. The molecular weight excluding hydrogens is 404 g/mol. The van der Waals surface area contributed by atoms with Crippen molar-refractivity contribution in [2.24, 2.45) is 25.9 Å². The first-order valence-electron chi connectivity index (χ1n) is 9.35. The Hall–Kier alpha value is -1.45. The Kier molecular flexibility index (Phi) is 8.66. The first-order chi connectivity index (χ1) is 13.1. The van der Waals surface area contributed by atoms with Gasteiger partial charge in [0.25, 0.3) is 0 Å². The Labute approximate surface area is 181 Å². The van der Waals surface area contributed by atoms with Gasteiger partial charge in [-0.2, -0.15) is 0 Å². The van der Waals surface area contributed by atoms with Crippen molar-refractivity contribution in [2.75, 3.05) is 13.1 Å². The van der Waals surface area contributed by atoms with Crippen LogP contribution in [0.2, 0.25) is 0 Å². The minimum Gasteiger partial charge on any atom is -0.412 e. The van der Waals surface area contributed by atoms with Crippen LogP contribution >= 0.6 is 23.8 Å². The van der Waals surface area contributed by atoms with Crippen LogP contribution in [0.5, 0.6) is 0 Å². The van der Waals surface area contributed by atoms with Crippen LogP contribution in [0.4, 0.5) is 0 Å². The van der Waals surface area contributed by atoms with Crippen LogP contribution in [0.3, 0.4) is 0 Å². The standard InChI is InChI=1S/C11H17N3S.C9H9NOS.CH4.H2O/c1-14-3-2-13-11(14)15-10-4-8-6-12-7-9(8)5-10;1-10-5-4-7-6-8(12-11)2-3-9(7)10;;/h2-3,8-10,12H,4-7H2,1H3;2-6,11H,1H3;1H4;1H2/t8-,9+,10?;;;. The average Bonchev–Trinajstić information content (AvgIpc) is 3.42. The second kappa shape index (κ2) is 10.5. The van der Waals surface area contributed by atoms with E-state index in [1.807, 2.05) is 61.7 Å². The van der Waals surface area contributed by atoms with Crippen molar-refractivity contribution in [1.29, 1.82) is 0 Å². The van der Waals surface area contributed by atoms with Crippen molar-refractivity contribution < 1.29 is 10.0 Å². The minimum atomic E-state index is 0. The number of aromatic nitrogens is 3.